The van der Waals surface area contributed by atoms with Crippen LogP contribution in [0.15, 0.2) is 18.2 Å². The van der Waals surface area contributed by atoms with Crippen molar-refractivity contribution in [1.82, 2.24) is 0 Å². The van der Waals surface area contributed by atoms with E-state index >= 15 is 0 Å². The van der Waals surface area contributed by atoms with Gasteiger partial charge in [-0.3, -0.25) is 0 Å². The molecule has 0 amide bonds. The van der Waals surface area contributed by atoms with Gasteiger partial charge < -0.3 is 14.6 Å². The van der Waals surface area contributed by atoms with Crippen LogP contribution in [0.2, 0.25) is 0 Å². The lowest BCUT2D eigenvalue weighted by Crippen LogP contribution is -2.02. The summed E-state index contributed by atoms with van der Waals surface area (Å²) >= 11 is 0. The highest BCUT2D eigenvalue weighted by molar-refractivity contribution is 5.88. The summed E-state index contributed by atoms with van der Waals surface area (Å²) in [5.74, 6) is 0.117. The second-order valence-electron chi connectivity index (χ2n) is 5.85. The van der Waals surface area contributed by atoms with E-state index in [4.69, 9.17) is 14.6 Å². The van der Waals surface area contributed by atoms with Crippen LogP contribution in [0.1, 0.15) is 75.1 Å². The molecule has 0 bridgehead atoms. The molecular weight excluding hydrogens is 292 g/mol. The SMILES string of the molecule is CCCCCCCCCCCOc1ccc(C(=O)O)cc1OC. The van der Waals surface area contributed by atoms with Crippen LogP contribution in [0, 0.1) is 0 Å². The molecule has 0 heterocycles. The van der Waals surface area contributed by atoms with Crippen molar-refractivity contribution in [2.45, 2.75) is 64.7 Å². The second kappa shape index (κ2) is 11.8. The fourth-order valence-electron chi connectivity index (χ4n) is 2.51. The summed E-state index contributed by atoms with van der Waals surface area (Å²) in [7, 11) is 1.52. The van der Waals surface area contributed by atoms with E-state index in [-0.39, 0.29) is 5.56 Å². The normalized spacial score (nSPS) is 10.5. The average Bonchev–Trinajstić information content (AvgIpc) is 2.56. The third-order valence-corrected chi connectivity index (χ3v) is 3.92. The zero-order valence-electron chi connectivity index (χ0n) is 14.5. The fourth-order valence-corrected chi connectivity index (χ4v) is 2.51. The predicted octanol–water partition coefficient (Wildman–Crippen LogP) is 5.30. The van der Waals surface area contributed by atoms with E-state index in [0.717, 1.165) is 6.42 Å². The molecule has 1 aromatic carbocycles. The smallest absolute Gasteiger partial charge is 0.335 e. The highest BCUT2D eigenvalue weighted by Crippen LogP contribution is 2.28. The Hall–Kier alpha value is -1.71. The zero-order chi connectivity index (χ0) is 16.9. The van der Waals surface area contributed by atoms with Crippen molar-refractivity contribution in [3.8, 4) is 11.5 Å². The van der Waals surface area contributed by atoms with Crippen molar-refractivity contribution in [3.63, 3.8) is 0 Å². The van der Waals surface area contributed by atoms with Crippen LogP contribution >= 0.6 is 0 Å². The molecule has 0 atom stereocenters. The lowest BCUT2D eigenvalue weighted by molar-refractivity contribution is 0.0696. The Labute approximate surface area is 139 Å². The van der Waals surface area contributed by atoms with Crippen molar-refractivity contribution in [3.05, 3.63) is 23.8 Å². The van der Waals surface area contributed by atoms with Gasteiger partial charge in [-0.25, -0.2) is 4.79 Å². The van der Waals surface area contributed by atoms with E-state index in [2.05, 4.69) is 6.92 Å². The lowest BCUT2D eigenvalue weighted by Gasteiger charge is -2.11. The highest BCUT2D eigenvalue weighted by Gasteiger charge is 2.09. The van der Waals surface area contributed by atoms with Crippen LogP contribution in [-0.4, -0.2) is 24.8 Å². The molecule has 4 nitrogen and oxygen atoms in total. The maximum Gasteiger partial charge on any atom is 0.335 e. The first-order valence-corrected chi connectivity index (χ1v) is 8.73. The van der Waals surface area contributed by atoms with Crippen LogP contribution in [0.25, 0.3) is 0 Å². The summed E-state index contributed by atoms with van der Waals surface area (Å²) < 4.78 is 10.9. The van der Waals surface area contributed by atoms with E-state index in [1.54, 1.807) is 6.07 Å². The molecule has 0 aliphatic rings. The highest BCUT2D eigenvalue weighted by atomic mass is 16.5. The van der Waals surface area contributed by atoms with Crippen molar-refractivity contribution >= 4 is 5.97 Å². The van der Waals surface area contributed by atoms with Gasteiger partial charge in [-0.15, -0.1) is 0 Å². The first-order chi connectivity index (χ1) is 11.2. The Morgan fingerprint density at radius 1 is 0.957 bits per heavy atom. The summed E-state index contributed by atoms with van der Waals surface area (Å²) in [6.07, 6.45) is 11.5. The maximum absolute atomic E-state index is 10.9. The molecule has 0 aliphatic carbocycles. The first-order valence-electron chi connectivity index (χ1n) is 8.73. The predicted molar refractivity (Wildman–Crippen MR) is 92.7 cm³/mol. The van der Waals surface area contributed by atoms with E-state index in [1.807, 2.05) is 0 Å². The van der Waals surface area contributed by atoms with Gasteiger partial charge in [0, 0.05) is 0 Å². The second-order valence-corrected chi connectivity index (χ2v) is 5.85. The van der Waals surface area contributed by atoms with Crippen LogP contribution < -0.4 is 9.47 Å². The van der Waals surface area contributed by atoms with Crippen LogP contribution in [0.4, 0.5) is 0 Å². The molecule has 23 heavy (non-hydrogen) atoms. The molecule has 0 radical (unpaired) electrons. The molecule has 0 saturated heterocycles. The Balaban J connectivity index is 2.17. The Morgan fingerprint density at radius 2 is 1.57 bits per heavy atom. The van der Waals surface area contributed by atoms with Gasteiger partial charge in [-0.05, 0) is 24.6 Å². The van der Waals surface area contributed by atoms with Gasteiger partial charge in [-0.1, -0.05) is 58.3 Å². The minimum Gasteiger partial charge on any atom is -0.493 e. The molecule has 0 fully saturated rings. The minimum absolute atomic E-state index is 0.206. The maximum atomic E-state index is 10.9. The Bertz CT molecular complexity index is 457. The molecule has 0 aromatic heterocycles. The van der Waals surface area contributed by atoms with E-state index < -0.39 is 5.97 Å². The molecule has 1 N–H and O–H groups in total. The fraction of sp³-hybridized carbons (Fsp3) is 0.632. The van der Waals surface area contributed by atoms with Gasteiger partial charge in [0.25, 0.3) is 0 Å². The van der Waals surface area contributed by atoms with Crippen LogP contribution in [-0.2, 0) is 0 Å². The largest absolute Gasteiger partial charge is 0.493 e. The summed E-state index contributed by atoms with van der Waals surface area (Å²) in [4.78, 5) is 10.9. The number of benzene rings is 1. The first kappa shape index (κ1) is 19.3. The standard InChI is InChI=1S/C19H30O4/c1-3-4-5-6-7-8-9-10-11-14-23-17-13-12-16(19(20)21)15-18(17)22-2/h12-13,15H,3-11,14H2,1-2H3,(H,20,21). The van der Waals surface area contributed by atoms with Crippen molar-refractivity contribution in [2.75, 3.05) is 13.7 Å². The number of carboxylic acids is 1. The van der Waals surface area contributed by atoms with Crippen LogP contribution in [0.5, 0.6) is 11.5 Å². The molecule has 1 aromatic rings. The Kier molecular flexibility index (Phi) is 9.92. The number of carboxylic acid groups (broad SMARTS) is 1. The van der Waals surface area contributed by atoms with E-state index in [1.165, 1.54) is 70.6 Å². The van der Waals surface area contributed by atoms with E-state index in [9.17, 15) is 4.79 Å². The monoisotopic (exact) mass is 322 g/mol. The van der Waals surface area contributed by atoms with Gasteiger partial charge in [0.1, 0.15) is 0 Å². The molecule has 0 saturated carbocycles. The van der Waals surface area contributed by atoms with Crippen LogP contribution in [0.3, 0.4) is 0 Å². The third-order valence-electron chi connectivity index (χ3n) is 3.92. The van der Waals surface area contributed by atoms with Crippen molar-refractivity contribution in [2.24, 2.45) is 0 Å². The summed E-state index contributed by atoms with van der Waals surface area (Å²) in [5, 5.41) is 8.96. The molecule has 0 unspecified atom stereocenters. The number of rotatable bonds is 13. The average molecular weight is 322 g/mol. The molecule has 0 spiro atoms. The summed E-state index contributed by atoms with van der Waals surface area (Å²) in [6.45, 7) is 2.88. The number of hydrogen-bond acceptors (Lipinski definition) is 3. The zero-order valence-corrected chi connectivity index (χ0v) is 14.5. The molecule has 1 rings (SSSR count). The lowest BCUT2D eigenvalue weighted by atomic mass is 10.1. The number of methoxy groups -OCH3 is 1. The summed E-state index contributed by atoms with van der Waals surface area (Å²) in [6, 6.07) is 4.69. The number of unbranched alkanes of at least 4 members (excludes halogenated alkanes) is 8. The third kappa shape index (κ3) is 7.91. The van der Waals surface area contributed by atoms with Gasteiger partial charge in [-0.2, -0.15) is 0 Å². The molecule has 130 valence electrons. The number of aromatic carboxylic acids is 1. The molecular formula is C19H30O4. The van der Waals surface area contributed by atoms with Gasteiger partial charge in [0.15, 0.2) is 11.5 Å². The molecule has 4 heteroatoms. The van der Waals surface area contributed by atoms with Gasteiger partial charge >= 0.3 is 5.97 Å². The quantitative estimate of drug-likeness (QED) is 0.500. The minimum atomic E-state index is -0.964. The van der Waals surface area contributed by atoms with Gasteiger partial charge in [0.2, 0.25) is 0 Å². The Morgan fingerprint density at radius 3 is 2.13 bits per heavy atom. The topological polar surface area (TPSA) is 55.8 Å². The van der Waals surface area contributed by atoms with Crippen molar-refractivity contribution in [1.29, 1.82) is 0 Å². The number of hydrogen-bond donors (Lipinski definition) is 1. The number of carbonyl (C=O) groups is 1. The van der Waals surface area contributed by atoms with Gasteiger partial charge in [0.05, 0.1) is 19.3 Å². The van der Waals surface area contributed by atoms with E-state index in [0.29, 0.717) is 18.1 Å². The number of ether oxygens (including phenoxy) is 2. The summed E-state index contributed by atoms with van der Waals surface area (Å²) in [5.41, 5.74) is 0.206. The van der Waals surface area contributed by atoms with Crippen molar-refractivity contribution < 1.29 is 19.4 Å². The molecule has 0 aliphatic heterocycles.